The number of carbonyl (C=O) groups excluding carboxylic acids is 2. The maximum Gasteiger partial charge on any atom is 0.407 e. The molecule has 0 aliphatic heterocycles. The lowest BCUT2D eigenvalue weighted by molar-refractivity contribution is -0.147. The number of carboxylic acids is 1. The molecule has 0 fully saturated rings. The van der Waals surface area contributed by atoms with Gasteiger partial charge in [-0.05, 0) is 48.4 Å². The van der Waals surface area contributed by atoms with E-state index in [1.807, 2.05) is 38.1 Å². The number of fused-ring (bicyclic) bond motifs is 3. The van der Waals surface area contributed by atoms with Gasteiger partial charge in [0, 0.05) is 12.5 Å². The zero-order valence-corrected chi connectivity index (χ0v) is 20.3. The summed E-state index contributed by atoms with van der Waals surface area (Å²) in [5.74, 6) is -1.44. The molecule has 0 unspecified atom stereocenters. The van der Waals surface area contributed by atoms with E-state index >= 15 is 0 Å². The standard InChI is InChI=1S/C27H34N2O5/c1-5-17(2)23(24(30)28-15-14-27(3,4)25(31)32)29-26(33)34-16-22-20-12-8-6-10-18(20)19-11-7-9-13-21(19)22/h6-13,17,22-23H,5,14-16H2,1-4H3,(H,28,30)(H,29,33)(H,31,32)/t17-,23-/m0/s1. The molecule has 0 saturated carbocycles. The topological polar surface area (TPSA) is 105 Å². The number of amides is 2. The average Bonchev–Trinajstić information content (AvgIpc) is 3.14. The van der Waals surface area contributed by atoms with Crippen LogP contribution in [0.2, 0.25) is 0 Å². The highest BCUT2D eigenvalue weighted by atomic mass is 16.5. The fourth-order valence-electron chi connectivity index (χ4n) is 4.18. The van der Waals surface area contributed by atoms with Crippen molar-refractivity contribution in [3.8, 4) is 11.1 Å². The fraction of sp³-hybridized carbons (Fsp3) is 0.444. The van der Waals surface area contributed by atoms with Gasteiger partial charge >= 0.3 is 12.1 Å². The van der Waals surface area contributed by atoms with Gasteiger partial charge in [0.15, 0.2) is 0 Å². The summed E-state index contributed by atoms with van der Waals surface area (Å²) in [6.45, 7) is 7.43. The summed E-state index contributed by atoms with van der Waals surface area (Å²) in [4.78, 5) is 36.8. The van der Waals surface area contributed by atoms with Gasteiger partial charge in [-0.15, -0.1) is 0 Å². The van der Waals surface area contributed by atoms with Crippen molar-refractivity contribution in [1.29, 1.82) is 0 Å². The first-order valence-electron chi connectivity index (χ1n) is 11.8. The number of hydrogen-bond acceptors (Lipinski definition) is 4. The van der Waals surface area contributed by atoms with Crippen molar-refractivity contribution in [2.45, 2.75) is 52.5 Å². The van der Waals surface area contributed by atoms with Crippen LogP contribution in [-0.4, -0.2) is 42.3 Å². The van der Waals surface area contributed by atoms with Crippen molar-refractivity contribution in [3.63, 3.8) is 0 Å². The Kier molecular flexibility index (Phi) is 7.97. The molecule has 1 aliphatic rings. The average molecular weight is 467 g/mol. The van der Waals surface area contributed by atoms with Gasteiger partial charge < -0.3 is 20.5 Å². The summed E-state index contributed by atoms with van der Waals surface area (Å²) >= 11 is 0. The van der Waals surface area contributed by atoms with Crippen LogP contribution in [0, 0.1) is 11.3 Å². The number of nitrogens with one attached hydrogen (secondary N) is 2. The Labute approximate surface area is 200 Å². The number of alkyl carbamates (subject to hydrolysis) is 1. The molecule has 0 heterocycles. The molecule has 0 spiro atoms. The van der Waals surface area contributed by atoms with Crippen LogP contribution in [0.5, 0.6) is 0 Å². The smallest absolute Gasteiger partial charge is 0.407 e. The third-order valence-electron chi connectivity index (χ3n) is 6.74. The summed E-state index contributed by atoms with van der Waals surface area (Å²) in [7, 11) is 0. The highest BCUT2D eigenvalue weighted by Crippen LogP contribution is 2.44. The third-order valence-corrected chi connectivity index (χ3v) is 6.74. The minimum Gasteiger partial charge on any atom is -0.481 e. The lowest BCUT2D eigenvalue weighted by Gasteiger charge is -2.25. The van der Waals surface area contributed by atoms with E-state index in [-0.39, 0.29) is 37.3 Å². The normalized spacial score (nSPS) is 14.5. The number of carbonyl (C=O) groups is 3. The summed E-state index contributed by atoms with van der Waals surface area (Å²) in [6.07, 6.45) is 0.322. The summed E-state index contributed by atoms with van der Waals surface area (Å²) in [5, 5.41) is 14.7. The van der Waals surface area contributed by atoms with E-state index in [1.54, 1.807) is 13.8 Å². The molecule has 2 aromatic carbocycles. The number of benzene rings is 2. The Morgan fingerprint density at radius 2 is 1.59 bits per heavy atom. The molecular weight excluding hydrogens is 432 g/mol. The van der Waals surface area contributed by atoms with Crippen molar-refractivity contribution in [3.05, 3.63) is 59.7 Å². The van der Waals surface area contributed by atoms with E-state index in [4.69, 9.17) is 4.74 Å². The molecule has 1 aliphatic carbocycles. The molecule has 3 rings (SSSR count). The Morgan fingerprint density at radius 1 is 1.03 bits per heavy atom. The lowest BCUT2D eigenvalue weighted by atomic mass is 9.89. The Morgan fingerprint density at radius 3 is 2.12 bits per heavy atom. The highest BCUT2D eigenvalue weighted by molar-refractivity contribution is 5.86. The highest BCUT2D eigenvalue weighted by Gasteiger charge is 2.31. The fourth-order valence-corrected chi connectivity index (χ4v) is 4.18. The van der Waals surface area contributed by atoms with Crippen LogP contribution in [0.15, 0.2) is 48.5 Å². The van der Waals surface area contributed by atoms with E-state index in [0.717, 1.165) is 22.3 Å². The molecule has 0 bridgehead atoms. The van der Waals surface area contributed by atoms with Crippen LogP contribution in [-0.2, 0) is 14.3 Å². The molecule has 3 N–H and O–H groups in total. The van der Waals surface area contributed by atoms with Crippen LogP contribution in [0.3, 0.4) is 0 Å². The van der Waals surface area contributed by atoms with Crippen LogP contribution in [0.1, 0.15) is 57.6 Å². The predicted molar refractivity (Wildman–Crippen MR) is 130 cm³/mol. The van der Waals surface area contributed by atoms with E-state index in [9.17, 15) is 19.5 Å². The maximum absolute atomic E-state index is 12.8. The first kappa shape index (κ1) is 25.3. The van der Waals surface area contributed by atoms with Crippen LogP contribution in [0.4, 0.5) is 4.79 Å². The van der Waals surface area contributed by atoms with Crippen LogP contribution < -0.4 is 10.6 Å². The number of ether oxygens (including phenoxy) is 1. The van der Waals surface area contributed by atoms with Gasteiger partial charge in [0.25, 0.3) is 0 Å². The number of hydrogen-bond donors (Lipinski definition) is 3. The van der Waals surface area contributed by atoms with Gasteiger partial charge in [-0.25, -0.2) is 4.79 Å². The molecule has 0 radical (unpaired) electrons. The monoisotopic (exact) mass is 466 g/mol. The largest absolute Gasteiger partial charge is 0.481 e. The third kappa shape index (κ3) is 5.58. The van der Waals surface area contributed by atoms with Crippen molar-refractivity contribution >= 4 is 18.0 Å². The summed E-state index contributed by atoms with van der Waals surface area (Å²) in [6, 6.07) is 15.4. The number of rotatable bonds is 10. The zero-order chi connectivity index (χ0) is 24.9. The molecule has 2 atom stereocenters. The van der Waals surface area contributed by atoms with E-state index in [0.29, 0.717) is 6.42 Å². The summed E-state index contributed by atoms with van der Waals surface area (Å²) < 4.78 is 5.60. The van der Waals surface area contributed by atoms with Crippen molar-refractivity contribution in [1.82, 2.24) is 10.6 Å². The Bertz CT molecular complexity index is 1000. The second kappa shape index (κ2) is 10.7. The predicted octanol–water partition coefficient (Wildman–Crippen LogP) is 4.56. The molecule has 0 saturated heterocycles. The molecule has 7 nitrogen and oxygen atoms in total. The zero-order valence-electron chi connectivity index (χ0n) is 20.3. The minimum atomic E-state index is -0.945. The van der Waals surface area contributed by atoms with E-state index < -0.39 is 23.5 Å². The Hall–Kier alpha value is -3.35. The van der Waals surface area contributed by atoms with Gasteiger partial charge in [0.2, 0.25) is 5.91 Å². The van der Waals surface area contributed by atoms with Crippen molar-refractivity contribution in [2.24, 2.45) is 11.3 Å². The minimum absolute atomic E-state index is 0.0627. The molecule has 0 aromatic heterocycles. The number of aliphatic carboxylic acids is 1. The van der Waals surface area contributed by atoms with Gasteiger partial charge in [-0.2, -0.15) is 0 Å². The van der Waals surface area contributed by atoms with Crippen molar-refractivity contribution in [2.75, 3.05) is 13.2 Å². The quantitative estimate of drug-likeness (QED) is 0.476. The first-order valence-corrected chi connectivity index (χ1v) is 11.8. The molecule has 34 heavy (non-hydrogen) atoms. The molecule has 182 valence electrons. The van der Waals surface area contributed by atoms with Crippen LogP contribution in [0.25, 0.3) is 11.1 Å². The molecule has 7 heteroatoms. The number of carboxylic acid groups (broad SMARTS) is 1. The second-order valence-corrected chi connectivity index (χ2v) is 9.56. The van der Waals surface area contributed by atoms with Gasteiger partial charge in [0.05, 0.1) is 5.41 Å². The summed E-state index contributed by atoms with van der Waals surface area (Å²) in [5.41, 5.74) is 3.59. The Balaban J connectivity index is 1.61. The van der Waals surface area contributed by atoms with E-state index in [2.05, 4.69) is 34.9 Å². The molecular formula is C27H34N2O5. The first-order chi connectivity index (χ1) is 16.2. The SMILES string of the molecule is CC[C@H](C)[C@H](NC(=O)OCC1c2ccccc2-c2ccccc21)C(=O)NCCC(C)(C)C(=O)O. The lowest BCUT2D eigenvalue weighted by Crippen LogP contribution is -2.51. The van der Waals surface area contributed by atoms with Gasteiger partial charge in [-0.3, -0.25) is 9.59 Å². The van der Waals surface area contributed by atoms with Gasteiger partial charge in [0.1, 0.15) is 12.6 Å². The van der Waals surface area contributed by atoms with Gasteiger partial charge in [-0.1, -0.05) is 68.8 Å². The molecule has 2 amide bonds. The maximum atomic E-state index is 12.8. The molecule has 2 aromatic rings. The van der Waals surface area contributed by atoms with E-state index in [1.165, 1.54) is 0 Å². The van der Waals surface area contributed by atoms with Crippen molar-refractivity contribution < 1.29 is 24.2 Å². The van der Waals surface area contributed by atoms with Crippen LogP contribution >= 0.6 is 0 Å². The second-order valence-electron chi connectivity index (χ2n) is 9.56.